The second-order valence-corrected chi connectivity index (χ2v) is 7.12. The smallest absolute Gasteiger partial charge is 0.392 e. The first-order valence-corrected chi connectivity index (χ1v) is 9.44. The van der Waals surface area contributed by atoms with Crippen LogP contribution in [0.2, 0.25) is 0 Å². The molecule has 0 radical (unpaired) electrons. The highest BCUT2D eigenvalue weighted by Crippen LogP contribution is 2.34. The molecular formula is C23H18F3N3O2. The van der Waals surface area contributed by atoms with Gasteiger partial charge in [-0.15, -0.1) is 0 Å². The summed E-state index contributed by atoms with van der Waals surface area (Å²) in [5.41, 5.74) is 3.08. The number of benzene rings is 3. The van der Waals surface area contributed by atoms with Crippen molar-refractivity contribution in [1.82, 2.24) is 9.55 Å². The Morgan fingerprint density at radius 3 is 2.32 bits per heavy atom. The molecule has 1 heterocycles. The Labute approximate surface area is 175 Å². The number of aromatic nitrogens is 2. The molecule has 2 N–H and O–H groups in total. The summed E-state index contributed by atoms with van der Waals surface area (Å²) in [5.74, 6) is -1.37. The third-order valence-electron chi connectivity index (χ3n) is 4.85. The number of carbonyl (C=O) groups is 1. The average molecular weight is 425 g/mol. The summed E-state index contributed by atoms with van der Waals surface area (Å²) in [6, 6.07) is 17.6. The first-order valence-electron chi connectivity index (χ1n) is 9.44. The molecule has 0 spiro atoms. The lowest BCUT2D eigenvalue weighted by Crippen LogP contribution is -2.14. The van der Waals surface area contributed by atoms with Crippen molar-refractivity contribution in [3.05, 3.63) is 89.2 Å². The number of carbonyl (C=O) groups excluding carboxylic acids is 1. The number of anilines is 1. The zero-order valence-electron chi connectivity index (χ0n) is 16.4. The highest BCUT2D eigenvalue weighted by atomic mass is 19.4. The van der Waals surface area contributed by atoms with Crippen LogP contribution in [-0.2, 0) is 12.8 Å². The minimum absolute atomic E-state index is 0.135. The zero-order chi connectivity index (χ0) is 22.2. The molecule has 1 amide bonds. The highest BCUT2D eigenvalue weighted by molar-refractivity contribution is 6.04. The van der Waals surface area contributed by atoms with Crippen LogP contribution in [0, 0.1) is 6.92 Å². The van der Waals surface area contributed by atoms with Crippen LogP contribution in [0.5, 0.6) is 0 Å². The van der Waals surface area contributed by atoms with E-state index in [1.54, 1.807) is 18.2 Å². The summed E-state index contributed by atoms with van der Waals surface area (Å²) in [5, 5.41) is 12.0. The molecule has 0 fully saturated rings. The lowest BCUT2D eigenvalue weighted by Gasteiger charge is -2.12. The van der Waals surface area contributed by atoms with Crippen LogP contribution in [0.1, 0.15) is 27.3 Å². The number of hydrogen-bond acceptors (Lipinski definition) is 3. The number of hydrogen-bond donors (Lipinski definition) is 2. The molecule has 5 nitrogen and oxygen atoms in total. The number of rotatable bonds is 4. The number of imidazole rings is 1. The SMILES string of the molecule is Cc1ccc(C(=O)Nc2ccc(-n3c(C(F)(F)F)nc4cc(CO)ccc43)cc2)cc1. The lowest BCUT2D eigenvalue weighted by molar-refractivity contribution is -0.145. The van der Waals surface area contributed by atoms with Gasteiger partial charge in [0, 0.05) is 16.9 Å². The standard InChI is InChI=1S/C23H18F3N3O2/c1-14-2-5-16(6-3-14)21(31)27-17-7-9-18(10-8-17)29-20-11-4-15(13-30)12-19(20)28-22(29)23(24,25)26/h2-12,30H,13H2,1H3,(H,27,31). The molecule has 0 aliphatic heterocycles. The average Bonchev–Trinajstić information content (AvgIpc) is 3.14. The van der Waals surface area contributed by atoms with Crippen molar-refractivity contribution in [2.45, 2.75) is 19.7 Å². The van der Waals surface area contributed by atoms with E-state index in [2.05, 4.69) is 10.3 Å². The minimum Gasteiger partial charge on any atom is -0.392 e. The summed E-state index contributed by atoms with van der Waals surface area (Å²) in [6.07, 6.45) is -4.67. The predicted octanol–water partition coefficient (Wildman–Crippen LogP) is 5.10. The van der Waals surface area contributed by atoms with Gasteiger partial charge in [0.05, 0.1) is 17.6 Å². The van der Waals surface area contributed by atoms with E-state index in [-0.39, 0.29) is 29.2 Å². The number of aryl methyl sites for hydroxylation is 1. The van der Waals surface area contributed by atoms with Gasteiger partial charge in [0.25, 0.3) is 5.91 Å². The van der Waals surface area contributed by atoms with Gasteiger partial charge in [0.2, 0.25) is 5.82 Å². The number of alkyl halides is 3. The van der Waals surface area contributed by atoms with Crippen LogP contribution in [-0.4, -0.2) is 20.6 Å². The van der Waals surface area contributed by atoms with Crippen molar-refractivity contribution < 1.29 is 23.1 Å². The molecule has 1 aromatic heterocycles. The van der Waals surface area contributed by atoms with E-state index in [9.17, 15) is 23.1 Å². The Morgan fingerprint density at radius 2 is 1.71 bits per heavy atom. The van der Waals surface area contributed by atoms with Crippen molar-refractivity contribution >= 4 is 22.6 Å². The molecule has 0 unspecified atom stereocenters. The molecule has 0 atom stereocenters. The molecule has 158 valence electrons. The van der Waals surface area contributed by atoms with E-state index in [0.29, 0.717) is 16.8 Å². The fourth-order valence-corrected chi connectivity index (χ4v) is 3.28. The van der Waals surface area contributed by atoms with Crippen LogP contribution < -0.4 is 5.32 Å². The summed E-state index contributed by atoms with van der Waals surface area (Å²) in [7, 11) is 0. The zero-order valence-corrected chi connectivity index (χ0v) is 16.4. The van der Waals surface area contributed by atoms with Gasteiger partial charge in [0.15, 0.2) is 0 Å². The van der Waals surface area contributed by atoms with Crippen LogP contribution >= 0.6 is 0 Å². The molecule has 4 rings (SSSR count). The number of halogens is 3. The van der Waals surface area contributed by atoms with Crippen LogP contribution in [0.4, 0.5) is 18.9 Å². The highest BCUT2D eigenvalue weighted by Gasteiger charge is 2.38. The summed E-state index contributed by atoms with van der Waals surface area (Å²) in [4.78, 5) is 16.1. The van der Waals surface area contributed by atoms with E-state index in [1.807, 2.05) is 19.1 Å². The Bertz CT molecular complexity index is 1240. The van der Waals surface area contributed by atoms with Crippen LogP contribution in [0.3, 0.4) is 0 Å². The van der Waals surface area contributed by atoms with E-state index in [0.717, 1.165) is 10.1 Å². The van der Waals surface area contributed by atoms with Gasteiger partial charge in [-0.1, -0.05) is 23.8 Å². The molecule has 4 aromatic rings. The monoisotopic (exact) mass is 425 g/mol. The molecule has 0 aliphatic rings. The van der Waals surface area contributed by atoms with Crippen molar-refractivity contribution in [2.24, 2.45) is 0 Å². The normalized spacial score (nSPS) is 11.6. The first-order chi connectivity index (χ1) is 14.8. The number of nitrogens with one attached hydrogen (secondary N) is 1. The largest absolute Gasteiger partial charge is 0.450 e. The molecule has 3 aromatic carbocycles. The number of amides is 1. The second kappa shape index (κ2) is 7.88. The van der Waals surface area contributed by atoms with Gasteiger partial charge >= 0.3 is 6.18 Å². The Morgan fingerprint density at radius 1 is 1.03 bits per heavy atom. The van der Waals surface area contributed by atoms with Gasteiger partial charge in [0.1, 0.15) is 0 Å². The van der Waals surface area contributed by atoms with Crippen LogP contribution in [0.25, 0.3) is 16.7 Å². The topological polar surface area (TPSA) is 67.2 Å². The molecule has 31 heavy (non-hydrogen) atoms. The van der Waals surface area contributed by atoms with Crippen molar-refractivity contribution in [3.8, 4) is 5.69 Å². The first kappa shape index (κ1) is 20.6. The summed E-state index contributed by atoms with van der Waals surface area (Å²) in [6.45, 7) is 1.62. The van der Waals surface area contributed by atoms with E-state index >= 15 is 0 Å². The van der Waals surface area contributed by atoms with E-state index in [1.165, 1.54) is 36.4 Å². The fraction of sp³-hybridized carbons (Fsp3) is 0.130. The molecule has 0 bridgehead atoms. The Balaban J connectivity index is 1.68. The van der Waals surface area contributed by atoms with Crippen molar-refractivity contribution in [2.75, 3.05) is 5.32 Å². The maximum Gasteiger partial charge on any atom is 0.450 e. The van der Waals surface area contributed by atoms with Gasteiger partial charge in [-0.25, -0.2) is 4.98 Å². The van der Waals surface area contributed by atoms with Gasteiger partial charge in [-0.2, -0.15) is 13.2 Å². The second-order valence-electron chi connectivity index (χ2n) is 7.12. The maximum absolute atomic E-state index is 13.6. The van der Waals surface area contributed by atoms with Gasteiger partial charge in [-0.3, -0.25) is 9.36 Å². The minimum atomic E-state index is -4.67. The number of fused-ring (bicyclic) bond motifs is 1. The third-order valence-corrected chi connectivity index (χ3v) is 4.85. The van der Waals surface area contributed by atoms with Crippen LogP contribution in [0.15, 0.2) is 66.7 Å². The summed E-state index contributed by atoms with van der Waals surface area (Å²) < 4.78 is 41.9. The van der Waals surface area contributed by atoms with Gasteiger partial charge < -0.3 is 10.4 Å². The molecule has 0 aliphatic carbocycles. The number of nitrogens with zero attached hydrogens (tertiary/aromatic N) is 2. The third kappa shape index (κ3) is 4.15. The molecule has 0 saturated heterocycles. The Hall–Kier alpha value is -3.65. The number of aliphatic hydroxyl groups excluding tert-OH is 1. The summed E-state index contributed by atoms with van der Waals surface area (Å²) >= 11 is 0. The molecule has 0 saturated carbocycles. The van der Waals surface area contributed by atoms with Gasteiger partial charge in [-0.05, 0) is 61.0 Å². The lowest BCUT2D eigenvalue weighted by atomic mass is 10.1. The quantitative estimate of drug-likeness (QED) is 0.478. The predicted molar refractivity (Wildman–Crippen MR) is 111 cm³/mol. The molecule has 8 heteroatoms. The fourth-order valence-electron chi connectivity index (χ4n) is 3.28. The Kier molecular flexibility index (Phi) is 5.24. The van der Waals surface area contributed by atoms with Crippen molar-refractivity contribution in [1.29, 1.82) is 0 Å². The van der Waals surface area contributed by atoms with Crippen molar-refractivity contribution in [3.63, 3.8) is 0 Å². The van der Waals surface area contributed by atoms with E-state index < -0.39 is 12.0 Å². The maximum atomic E-state index is 13.6. The molecular weight excluding hydrogens is 407 g/mol. The number of aliphatic hydroxyl groups is 1. The van der Waals surface area contributed by atoms with E-state index in [4.69, 9.17) is 0 Å².